The monoisotopic (exact) mass is 516 g/mol. The molecule has 4 heteroatoms. The van der Waals surface area contributed by atoms with E-state index in [1.165, 1.54) is 31.3 Å². The minimum atomic E-state index is -0.603. The summed E-state index contributed by atoms with van der Waals surface area (Å²) >= 11 is 0. The number of hydrogen-bond acceptors (Lipinski definition) is 3. The molecule has 0 aliphatic heterocycles. The minimum absolute atomic E-state index is 0.0268. The van der Waals surface area contributed by atoms with Gasteiger partial charge in [0, 0.05) is 22.3 Å². The zero-order valence-electron chi connectivity index (χ0n) is 24.8. The van der Waals surface area contributed by atoms with Crippen LogP contribution in [-0.4, -0.2) is 23.7 Å². The Hall–Kier alpha value is -1.73. The molecule has 0 aromatic carbocycles. The van der Waals surface area contributed by atoms with Crippen LogP contribution in [0.4, 0.5) is 0 Å². The van der Waals surface area contributed by atoms with Crippen molar-refractivity contribution in [1.82, 2.24) is 5.32 Å². The number of nitrogens with zero attached hydrogens (tertiary/aromatic N) is 1. The molecule has 0 aromatic rings. The second kappa shape index (κ2) is 7.93. The van der Waals surface area contributed by atoms with Crippen LogP contribution in [0.2, 0.25) is 0 Å². The van der Waals surface area contributed by atoms with Gasteiger partial charge in [-0.15, -0.1) is 0 Å². The topological polar surface area (TPSA) is 50.5 Å². The van der Waals surface area contributed by atoms with Crippen molar-refractivity contribution < 1.29 is 9.59 Å². The van der Waals surface area contributed by atoms with E-state index in [4.69, 9.17) is 6.57 Å². The molecule has 4 saturated carbocycles. The lowest BCUT2D eigenvalue weighted by Gasteiger charge is -2.69. The van der Waals surface area contributed by atoms with Crippen molar-refractivity contribution in [3.63, 3.8) is 0 Å². The third kappa shape index (κ3) is 3.36. The normalized spacial score (nSPS) is 46.9. The molecule has 38 heavy (non-hydrogen) atoms. The standard InChI is InChI=1S/C34H48N2O2/c1-29(2)13-15-34(36-20-21-9-10-21)16-14-33(7)27(22(34)18-29)24(37)17-26-31(5)19-23(35-8)28(38)30(3,4)25(31)11-12-32(26,33)6/h17,19,21-22,25,27,36H,9-16,18,20H2,1-7H3/t22-,25-,27-,31-,32+,33+,34-/m0/s1. The van der Waals surface area contributed by atoms with Gasteiger partial charge in [0.2, 0.25) is 5.70 Å². The SMILES string of the molecule is [C-]#[N+]C1=C[C@]2(C)C3=CC(=O)[C@@H]4[C@@H]5CC(C)(C)CC[C@]5(NCC5CC5)CC[C@@]4(C)[C@]3(C)CC[C@H]2C(C)(C)C1=O. The second-order valence-electron chi connectivity index (χ2n) is 16.2. The third-order valence-corrected chi connectivity index (χ3v) is 13.3. The van der Waals surface area contributed by atoms with E-state index in [1.807, 2.05) is 26.0 Å². The summed E-state index contributed by atoms with van der Waals surface area (Å²) in [5.41, 5.74) is 0.511. The Labute approximate surface area is 230 Å². The summed E-state index contributed by atoms with van der Waals surface area (Å²) < 4.78 is 0. The van der Waals surface area contributed by atoms with Crippen molar-refractivity contribution in [3.05, 3.63) is 34.8 Å². The largest absolute Gasteiger partial charge is 0.311 e. The molecule has 0 radical (unpaired) electrons. The van der Waals surface area contributed by atoms with Crippen LogP contribution in [0, 0.1) is 57.3 Å². The Morgan fingerprint density at radius 1 is 0.947 bits per heavy atom. The summed E-state index contributed by atoms with van der Waals surface area (Å²) in [5.74, 6) is 1.61. The zero-order chi connectivity index (χ0) is 27.5. The molecule has 0 unspecified atom stereocenters. The van der Waals surface area contributed by atoms with Gasteiger partial charge in [0.15, 0.2) is 11.6 Å². The molecule has 4 nitrogen and oxygen atoms in total. The fourth-order valence-corrected chi connectivity index (χ4v) is 10.6. The van der Waals surface area contributed by atoms with E-state index < -0.39 is 10.8 Å². The molecule has 7 atom stereocenters. The first-order valence-corrected chi connectivity index (χ1v) is 15.3. The van der Waals surface area contributed by atoms with Crippen molar-refractivity contribution in [2.24, 2.45) is 50.7 Å². The molecule has 0 bridgehead atoms. The van der Waals surface area contributed by atoms with Crippen molar-refractivity contribution in [2.45, 2.75) is 112 Å². The number of carbonyl (C=O) groups excluding carboxylic acids is 2. The molecule has 6 rings (SSSR count). The summed E-state index contributed by atoms with van der Waals surface area (Å²) in [6, 6.07) is 0. The maximum atomic E-state index is 14.5. The first-order valence-electron chi connectivity index (χ1n) is 15.3. The van der Waals surface area contributed by atoms with Gasteiger partial charge in [0.1, 0.15) is 0 Å². The number of allylic oxidation sites excluding steroid dienone is 4. The molecule has 206 valence electrons. The summed E-state index contributed by atoms with van der Waals surface area (Å²) in [6.45, 7) is 24.9. The van der Waals surface area contributed by atoms with E-state index in [1.54, 1.807) is 0 Å². The Morgan fingerprint density at radius 2 is 1.63 bits per heavy atom. The third-order valence-electron chi connectivity index (χ3n) is 13.3. The molecule has 6 aliphatic rings. The first-order chi connectivity index (χ1) is 17.6. The van der Waals surface area contributed by atoms with Gasteiger partial charge in [0.25, 0.3) is 0 Å². The van der Waals surface area contributed by atoms with Gasteiger partial charge in [0.05, 0.1) is 6.57 Å². The van der Waals surface area contributed by atoms with Gasteiger partial charge in [-0.1, -0.05) is 60.1 Å². The van der Waals surface area contributed by atoms with Crippen LogP contribution >= 0.6 is 0 Å². The molecular weight excluding hydrogens is 468 g/mol. The number of Topliss-reactive ketones (excluding diaryl/α,β-unsaturated/α-hetero) is 1. The highest BCUT2D eigenvalue weighted by molar-refractivity contribution is 6.03. The van der Waals surface area contributed by atoms with Crippen LogP contribution in [0.5, 0.6) is 0 Å². The molecule has 6 aliphatic carbocycles. The predicted molar refractivity (Wildman–Crippen MR) is 151 cm³/mol. The highest BCUT2D eigenvalue weighted by Gasteiger charge is 2.69. The van der Waals surface area contributed by atoms with Crippen LogP contribution < -0.4 is 5.32 Å². The van der Waals surface area contributed by atoms with Crippen LogP contribution in [0.25, 0.3) is 4.85 Å². The molecule has 0 spiro atoms. The maximum absolute atomic E-state index is 14.5. The number of ketones is 2. The number of hydrogen-bond donors (Lipinski definition) is 1. The average Bonchev–Trinajstić information content (AvgIpc) is 3.67. The number of nitrogens with one attached hydrogen (secondary N) is 1. The van der Waals surface area contributed by atoms with E-state index >= 15 is 0 Å². The molecule has 0 heterocycles. The zero-order valence-corrected chi connectivity index (χ0v) is 24.8. The van der Waals surface area contributed by atoms with Crippen molar-refractivity contribution >= 4 is 11.6 Å². The first kappa shape index (κ1) is 26.5. The summed E-state index contributed by atoms with van der Waals surface area (Å²) in [5, 5.41) is 4.12. The fourth-order valence-electron chi connectivity index (χ4n) is 10.6. The molecule has 0 aromatic heterocycles. The summed E-state index contributed by atoms with van der Waals surface area (Å²) in [4.78, 5) is 31.5. The van der Waals surface area contributed by atoms with Crippen LogP contribution in [-0.2, 0) is 9.59 Å². The molecule has 1 N–H and O–H groups in total. The lowest BCUT2D eigenvalue weighted by molar-refractivity contribution is -0.161. The van der Waals surface area contributed by atoms with Crippen molar-refractivity contribution in [3.8, 4) is 0 Å². The van der Waals surface area contributed by atoms with Gasteiger partial charge < -0.3 is 10.1 Å². The number of carbonyl (C=O) groups is 2. The number of rotatable bonds is 3. The summed E-state index contributed by atoms with van der Waals surface area (Å²) in [6.07, 6.45) is 14.4. The lowest BCUT2D eigenvalue weighted by Crippen LogP contribution is -2.69. The highest BCUT2D eigenvalue weighted by Crippen LogP contribution is 2.73. The van der Waals surface area contributed by atoms with E-state index in [0.717, 1.165) is 44.6 Å². The van der Waals surface area contributed by atoms with Crippen LogP contribution in [0.15, 0.2) is 23.4 Å². The Balaban J connectivity index is 1.48. The van der Waals surface area contributed by atoms with Gasteiger partial charge >= 0.3 is 0 Å². The van der Waals surface area contributed by atoms with Crippen molar-refractivity contribution in [1.29, 1.82) is 0 Å². The molecule has 0 amide bonds. The fraction of sp³-hybridized carbons (Fsp3) is 0.794. The highest BCUT2D eigenvalue weighted by atomic mass is 16.1. The average molecular weight is 517 g/mol. The van der Waals surface area contributed by atoms with Crippen molar-refractivity contribution in [2.75, 3.05) is 6.54 Å². The Morgan fingerprint density at radius 3 is 2.29 bits per heavy atom. The van der Waals surface area contributed by atoms with E-state index in [2.05, 4.69) is 44.8 Å². The van der Waals surface area contributed by atoms with E-state index in [-0.39, 0.29) is 45.1 Å². The predicted octanol–water partition coefficient (Wildman–Crippen LogP) is 7.31. The van der Waals surface area contributed by atoms with Crippen LogP contribution in [0.1, 0.15) is 106 Å². The number of fused-ring (bicyclic) bond motifs is 7. The van der Waals surface area contributed by atoms with E-state index in [0.29, 0.717) is 11.7 Å². The minimum Gasteiger partial charge on any atom is -0.311 e. The smallest absolute Gasteiger partial charge is 0.226 e. The van der Waals surface area contributed by atoms with Gasteiger partial charge in [-0.25, -0.2) is 4.85 Å². The quantitative estimate of drug-likeness (QED) is 0.400. The van der Waals surface area contributed by atoms with E-state index in [9.17, 15) is 9.59 Å². The lowest BCUT2D eigenvalue weighted by atomic mass is 9.35. The molecule has 4 fully saturated rings. The van der Waals surface area contributed by atoms with Gasteiger partial charge in [-0.05, 0) is 104 Å². The molecule has 0 saturated heterocycles. The van der Waals surface area contributed by atoms with Crippen LogP contribution in [0.3, 0.4) is 0 Å². The summed E-state index contributed by atoms with van der Waals surface area (Å²) in [7, 11) is 0. The Bertz CT molecular complexity index is 1190. The Kier molecular flexibility index (Phi) is 5.53. The molecular formula is C34H48N2O2. The van der Waals surface area contributed by atoms with Gasteiger partial charge in [-0.3, -0.25) is 4.79 Å². The maximum Gasteiger partial charge on any atom is 0.226 e. The van der Waals surface area contributed by atoms with Gasteiger partial charge in [-0.2, -0.15) is 0 Å². The second-order valence-corrected chi connectivity index (χ2v) is 16.2.